The van der Waals surface area contributed by atoms with Gasteiger partial charge in [0.15, 0.2) is 0 Å². The molecule has 0 aromatic heterocycles. The lowest BCUT2D eigenvalue weighted by Gasteiger charge is -2.20. The second-order valence-electron chi connectivity index (χ2n) is 4.91. The second-order valence-corrected chi connectivity index (χ2v) is 6.33. The van der Waals surface area contributed by atoms with Crippen molar-refractivity contribution in [3.63, 3.8) is 0 Å². The van der Waals surface area contributed by atoms with Gasteiger partial charge in [-0.1, -0.05) is 23.7 Å². The number of carbonyl (C=O) groups is 2. The first-order valence-electron chi connectivity index (χ1n) is 6.50. The SMILES string of the molecule is O=C(O)C1CC(O)CN1C(=O)CSCc1cccc(Cl)c1. The van der Waals surface area contributed by atoms with E-state index in [1.54, 1.807) is 6.07 Å². The van der Waals surface area contributed by atoms with Gasteiger partial charge >= 0.3 is 5.97 Å². The Morgan fingerprint density at radius 2 is 2.19 bits per heavy atom. The van der Waals surface area contributed by atoms with Gasteiger partial charge in [0, 0.05) is 23.7 Å². The van der Waals surface area contributed by atoms with Gasteiger partial charge in [0.2, 0.25) is 5.91 Å². The number of aliphatic hydroxyl groups is 1. The topological polar surface area (TPSA) is 77.8 Å². The number of carboxylic acid groups (broad SMARTS) is 1. The molecule has 5 nitrogen and oxygen atoms in total. The van der Waals surface area contributed by atoms with E-state index in [0.717, 1.165) is 5.56 Å². The normalized spacial score (nSPS) is 21.5. The highest BCUT2D eigenvalue weighted by Gasteiger charge is 2.38. The summed E-state index contributed by atoms with van der Waals surface area (Å²) in [6.07, 6.45) is -0.659. The fraction of sp³-hybridized carbons (Fsp3) is 0.429. The Morgan fingerprint density at radius 1 is 1.43 bits per heavy atom. The molecule has 1 fully saturated rings. The summed E-state index contributed by atoms with van der Waals surface area (Å²) in [5.41, 5.74) is 1.01. The first-order chi connectivity index (χ1) is 9.97. The number of likely N-dealkylation sites (tertiary alicyclic amines) is 1. The van der Waals surface area contributed by atoms with Crippen LogP contribution in [0.25, 0.3) is 0 Å². The van der Waals surface area contributed by atoms with Gasteiger partial charge in [-0.2, -0.15) is 0 Å². The minimum Gasteiger partial charge on any atom is -0.480 e. The Hall–Kier alpha value is -1.24. The number of nitrogens with zero attached hydrogens (tertiary/aromatic N) is 1. The predicted octanol–water partition coefficient (Wildman–Crippen LogP) is 1.62. The second kappa shape index (κ2) is 7.15. The number of aliphatic hydroxyl groups excluding tert-OH is 1. The number of carbonyl (C=O) groups excluding carboxylic acids is 1. The van der Waals surface area contributed by atoms with Gasteiger partial charge in [-0.25, -0.2) is 4.79 Å². The maximum Gasteiger partial charge on any atom is 0.326 e. The molecule has 0 bridgehead atoms. The van der Waals surface area contributed by atoms with E-state index in [1.165, 1.54) is 16.7 Å². The molecule has 0 saturated carbocycles. The minimum absolute atomic E-state index is 0.0908. The van der Waals surface area contributed by atoms with Crippen molar-refractivity contribution in [1.29, 1.82) is 0 Å². The fourth-order valence-corrected chi connectivity index (χ4v) is 3.36. The largest absolute Gasteiger partial charge is 0.480 e. The molecule has 2 atom stereocenters. The summed E-state index contributed by atoms with van der Waals surface area (Å²) in [5, 5.41) is 19.2. The molecule has 2 unspecified atom stereocenters. The molecular weight excluding hydrogens is 314 g/mol. The van der Waals surface area contributed by atoms with Crippen molar-refractivity contribution in [2.75, 3.05) is 12.3 Å². The van der Waals surface area contributed by atoms with Crippen LogP contribution in [0.4, 0.5) is 0 Å². The van der Waals surface area contributed by atoms with E-state index >= 15 is 0 Å². The van der Waals surface area contributed by atoms with Crippen molar-refractivity contribution in [3.8, 4) is 0 Å². The molecule has 1 saturated heterocycles. The van der Waals surface area contributed by atoms with Crippen LogP contribution in [-0.4, -0.2) is 51.4 Å². The van der Waals surface area contributed by atoms with E-state index in [9.17, 15) is 14.7 Å². The molecule has 2 rings (SSSR count). The van der Waals surface area contributed by atoms with Crippen molar-refractivity contribution in [2.45, 2.75) is 24.3 Å². The zero-order chi connectivity index (χ0) is 15.4. The van der Waals surface area contributed by atoms with E-state index in [2.05, 4.69) is 0 Å². The Kier molecular flexibility index (Phi) is 5.50. The molecular formula is C14H16ClNO4S. The van der Waals surface area contributed by atoms with Gasteiger partial charge < -0.3 is 15.1 Å². The molecule has 1 heterocycles. The zero-order valence-corrected chi connectivity index (χ0v) is 12.8. The third-order valence-corrected chi connectivity index (χ3v) is 4.49. The van der Waals surface area contributed by atoms with Crippen LogP contribution in [-0.2, 0) is 15.3 Å². The molecule has 0 aliphatic carbocycles. The Labute approximate surface area is 131 Å². The number of hydrogen-bond acceptors (Lipinski definition) is 4. The monoisotopic (exact) mass is 329 g/mol. The summed E-state index contributed by atoms with van der Waals surface area (Å²) >= 11 is 7.28. The number of amides is 1. The maximum atomic E-state index is 12.1. The van der Waals surface area contributed by atoms with Gasteiger partial charge in [0.25, 0.3) is 0 Å². The number of rotatable bonds is 5. The molecule has 1 aromatic carbocycles. The van der Waals surface area contributed by atoms with Crippen LogP contribution >= 0.6 is 23.4 Å². The van der Waals surface area contributed by atoms with E-state index in [4.69, 9.17) is 16.7 Å². The molecule has 0 spiro atoms. The number of β-amino-alcohol motifs (C(OH)–C–C–N with tert-alkyl or cyclic N) is 1. The van der Waals surface area contributed by atoms with Gasteiger partial charge in [-0.3, -0.25) is 4.79 Å². The molecule has 21 heavy (non-hydrogen) atoms. The molecule has 114 valence electrons. The van der Waals surface area contributed by atoms with Crippen molar-refractivity contribution in [3.05, 3.63) is 34.9 Å². The average molecular weight is 330 g/mol. The Bertz CT molecular complexity index is 539. The smallest absolute Gasteiger partial charge is 0.326 e. The lowest BCUT2D eigenvalue weighted by molar-refractivity contribution is -0.147. The first kappa shape index (κ1) is 16.1. The fourth-order valence-electron chi connectivity index (χ4n) is 2.29. The summed E-state index contributed by atoms with van der Waals surface area (Å²) in [4.78, 5) is 24.4. The average Bonchev–Trinajstić information content (AvgIpc) is 2.81. The van der Waals surface area contributed by atoms with Crippen LogP contribution in [0.3, 0.4) is 0 Å². The molecule has 1 aromatic rings. The number of aliphatic carboxylic acids is 1. The highest BCUT2D eigenvalue weighted by Crippen LogP contribution is 2.21. The van der Waals surface area contributed by atoms with Crippen LogP contribution < -0.4 is 0 Å². The lowest BCUT2D eigenvalue weighted by Crippen LogP contribution is -2.41. The maximum absolute atomic E-state index is 12.1. The number of carboxylic acids is 1. The summed E-state index contributed by atoms with van der Waals surface area (Å²) in [6, 6.07) is 6.46. The van der Waals surface area contributed by atoms with Crippen LogP contribution in [0.1, 0.15) is 12.0 Å². The predicted molar refractivity (Wildman–Crippen MR) is 81.4 cm³/mol. The number of thioether (sulfide) groups is 1. The standard InChI is InChI=1S/C14H16ClNO4S/c15-10-3-1-2-9(4-10)7-21-8-13(18)16-6-11(17)5-12(16)14(19)20/h1-4,11-12,17H,5-8H2,(H,19,20). The minimum atomic E-state index is -1.07. The summed E-state index contributed by atoms with van der Waals surface area (Å²) in [5.74, 6) is -0.519. The zero-order valence-electron chi connectivity index (χ0n) is 11.2. The number of hydrogen-bond donors (Lipinski definition) is 2. The van der Waals surface area contributed by atoms with Crippen molar-refractivity contribution < 1.29 is 19.8 Å². The molecule has 1 aliphatic heterocycles. The van der Waals surface area contributed by atoms with Crippen LogP contribution in [0.2, 0.25) is 5.02 Å². The van der Waals surface area contributed by atoms with E-state index < -0.39 is 18.1 Å². The van der Waals surface area contributed by atoms with Crippen LogP contribution in [0.15, 0.2) is 24.3 Å². The van der Waals surface area contributed by atoms with E-state index in [0.29, 0.717) is 10.8 Å². The van der Waals surface area contributed by atoms with Gasteiger partial charge in [0.05, 0.1) is 11.9 Å². The summed E-state index contributed by atoms with van der Waals surface area (Å²) < 4.78 is 0. The van der Waals surface area contributed by atoms with Crippen LogP contribution in [0.5, 0.6) is 0 Å². The van der Waals surface area contributed by atoms with E-state index in [-0.39, 0.29) is 24.6 Å². The third-order valence-electron chi connectivity index (χ3n) is 3.27. The Morgan fingerprint density at radius 3 is 2.86 bits per heavy atom. The first-order valence-corrected chi connectivity index (χ1v) is 8.03. The quantitative estimate of drug-likeness (QED) is 0.858. The van der Waals surface area contributed by atoms with E-state index in [1.807, 2.05) is 18.2 Å². The highest BCUT2D eigenvalue weighted by atomic mass is 35.5. The highest BCUT2D eigenvalue weighted by molar-refractivity contribution is 7.99. The number of benzene rings is 1. The molecule has 2 N–H and O–H groups in total. The molecule has 1 amide bonds. The van der Waals surface area contributed by atoms with Crippen LogP contribution in [0, 0.1) is 0 Å². The van der Waals surface area contributed by atoms with Crippen molar-refractivity contribution >= 4 is 35.2 Å². The summed E-state index contributed by atoms with van der Waals surface area (Å²) in [7, 11) is 0. The molecule has 0 radical (unpaired) electrons. The summed E-state index contributed by atoms with van der Waals surface area (Å²) in [6.45, 7) is 0.0908. The lowest BCUT2D eigenvalue weighted by atomic mass is 10.2. The number of halogens is 1. The van der Waals surface area contributed by atoms with Gasteiger partial charge in [-0.15, -0.1) is 11.8 Å². The molecule has 1 aliphatic rings. The van der Waals surface area contributed by atoms with Gasteiger partial charge in [-0.05, 0) is 17.7 Å². The third kappa shape index (κ3) is 4.36. The Balaban J connectivity index is 1.85. The molecule has 7 heteroatoms. The van der Waals surface area contributed by atoms with Gasteiger partial charge in [0.1, 0.15) is 6.04 Å². The van der Waals surface area contributed by atoms with Crippen molar-refractivity contribution in [2.24, 2.45) is 0 Å². The van der Waals surface area contributed by atoms with Crippen molar-refractivity contribution in [1.82, 2.24) is 4.90 Å².